The summed E-state index contributed by atoms with van der Waals surface area (Å²) < 4.78 is 16.8. The fourth-order valence-electron chi connectivity index (χ4n) is 4.58. The molecule has 5 rings (SSSR count). The van der Waals surface area contributed by atoms with Crippen molar-refractivity contribution < 1.29 is 14.3 Å². The van der Waals surface area contributed by atoms with E-state index in [2.05, 4.69) is 4.98 Å². The van der Waals surface area contributed by atoms with Gasteiger partial charge in [-0.1, -0.05) is 30.3 Å². The lowest BCUT2D eigenvalue weighted by Crippen LogP contribution is -2.65. The molecule has 174 valence electrons. The molecule has 0 radical (unpaired) electrons. The summed E-state index contributed by atoms with van der Waals surface area (Å²) in [5.41, 5.74) is 6.73. The summed E-state index contributed by atoms with van der Waals surface area (Å²) in [6.07, 6.45) is 1.33. The number of nitrogens with two attached hydrogens (primary N) is 1. The molecule has 1 aliphatic heterocycles. The van der Waals surface area contributed by atoms with Gasteiger partial charge >= 0.3 is 5.97 Å². The molecule has 7 nitrogen and oxygen atoms in total. The highest BCUT2D eigenvalue weighted by atomic mass is 19.1. The Morgan fingerprint density at radius 1 is 1.15 bits per heavy atom. The van der Waals surface area contributed by atoms with Gasteiger partial charge in [0.2, 0.25) is 5.43 Å². The SMILES string of the molecule is CC(C)(C)n1cc(C(=O)O)c(=O)c2cc3cc(F)c(N4CC(N)(c5ccccc5)C4)cc3nc21. The molecule has 3 N–H and O–H groups in total. The highest BCUT2D eigenvalue weighted by Gasteiger charge is 2.42. The molecule has 0 saturated carbocycles. The van der Waals surface area contributed by atoms with E-state index in [9.17, 15) is 14.7 Å². The van der Waals surface area contributed by atoms with Gasteiger partial charge in [0, 0.05) is 30.2 Å². The Morgan fingerprint density at radius 2 is 1.82 bits per heavy atom. The van der Waals surface area contributed by atoms with Crippen LogP contribution in [0.4, 0.5) is 10.1 Å². The van der Waals surface area contributed by atoms with Crippen molar-refractivity contribution in [3.05, 3.63) is 81.9 Å². The molecule has 34 heavy (non-hydrogen) atoms. The van der Waals surface area contributed by atoms with Gasteiger partial charge in [0.25, 0.3) is 0 Å². The molecule has 0 amide bonds. The maximum Gasteiger partial charge on any atom is 0.341 e. The van der Waals surface area contributed by atoms with Crippen molar-refractivity contribution in [1.82, 2.24) is 9.55 Å². The first-order valence-electron chi connectivity index (χ1n) is 11.0. The van der Waals surface area contributed by atoms with Gasteiger partial charge in [-0.15, -0.1) is 0 Å². The van der Waals surface area contributed by atoms with E-state index in [1.54, 1.807) is 10.6 Å². The number of nitrogens with zero attached hydrogens (tertiary/aromatic N) is 3. The van der Waals surface area contributed by atoms with Gasteiger partial charge in [-0.2, -0.15) is 0 Å². The third-order valence-corrected chi connectivity index (χ3v) is 6.43. The van der Waals surface area contributed by atoms with Crippen molar-refractivity contribution in [2.45, 2.75) is 31.8 Å². The largest absolute Gasteiger partial charge is 0.477 e. The number of aromatic carboxylic acids is 1. The van der Waals surface area contributed by atoms with Crippen LogP contribution in [-0.4, -0.2) is 33.7 Å². The van der Waals surface area contributed by atoms with E-state index in [1.807, 2.05) is 56.0 Å². The van der Waals surface area contributed by atoms with Crippen LogP contribution < -0.4 is 16.1 Å². The normalized spacial score (nSPS) is 15.5. The zero-order valence-corrected chi connectivity index (χ0v) is 19.2. The van der Waals surface area contributed by atoms with Gasteiger partial charge in [-0.3, -0.25) is 4.79 Å². The lowest BCUT2D eigenvalue weighted by atomic mass is 9.83. The standard InChI is InChI=1S/C26H25FN4O3/c1-25(2,3)31-12-18(24(33)34)22(32)17-9-15-10-19(27)21(11-20(15)29-23(17)31)30-13-26(28,14-30)16-7-5-4-6-8-16/h4-12H,13-14,28H2,1-3H3,(H,33,34). The summed E-state index contributed by atoms with van der Waals surface area (Å²) in [6.45, 7) is 6.61. The molecular formula is C26H25FN4O3. The smallest absolute Gasteiger partial charge is 0.341 e. The van der Waals surface area contributed by atoms with E-state index in [0.29, 0.717) is 35.3 Å². The molecule has 4 aromatic rings. The van der Waals surface area contributed by atoms with E-state index < -0.39 is 28.3 Å². The van der Waals surface area contributed by atoms with Gasteiger partial charge in [-0.05, 0) is 44.5 Å². The average Bonchev–Trinajstić information content (AvgIpc) is 2.75. The van der Waals surface area contributed by atoms with Gasteiger partial charge in [0.05, 0.1) is 22.1 Å². The van der Waals surface area contributed by atoms with Crippen molar-refractivity contribution in [2.24, 2.45) is 5.73 Å². The van der Waals surface area contributed by atoms with Crippen LogP contribution in [0.2, 0.25) is 0 Å². The minimum atomic E-state index is -1.31. The molecule has 0 spiro atoms. The summed E-state index contributed by atoms with van der Waals surface area (Å²) >= 11 is 0. The fraction of sp³-hybridized carbons (Fsp3) is 0.269. The fourth-order valence-corrected chi connectivity index (χ4v) is 4.58. The lowest BCUT2D eigenvalue weighted by molar-refractivity contribution is 0.0694. The first-order valence-corrected chi connectivity index (χ1v) is 11.0. The highest BCUT2D eigenvalue weighted by Crippen LogP contribution is 2.36. The number of hydrogen-bond acceptors (Lipinski definition) is 5. The van der Waals surface area contributed by atoms with E-state index >= 15 is 4.39 Å². The molecular weight excluding hydrogens is 435 g/mol. The van der Waals surface area contributed by atoms with Crippen LogP contribution in [0, 0.1) is 5.82 Å². The number of pyridine rings is 2. The van der Waals surface area contributed by atoms with Gasteiger partial charge < -0.3 is 20.3 Å². The van der Waals surface area contributed by atoms with Gasteiger partial charge in [0.15, 0.2) is 0 Å². The van der Waals surface area contributed by atoms with Crippen molar-refractivity contribution in [3.8, 4) is 0 Å². The summed E-state index contributed by atoms with van der Waals surface area (Å²) in [4.78, 5) is 31.1. The Kier molecular flexibility index (Phi) is 4.77. The van der Waals surface area contributed by atoms with Crippen LogP contribution in [0.3, 0.4) is 0 Å². The highest BCUT2D eigenvalue weighted by molar-refractivity contribution is 5.97. The Hall–Kier alpha value is -3.78. The number of carboxylic acids is 1. The second kappa shape index (κ2) is 7.36. The van der Waals surface area contributed by atoms with Crippen molar-refractivity contribution in [3.63, 3.8) is 0 Å². The first kappa shape index (κ1) is 22.0. The second-order valence-electron chi connectivity index (χ2n) is 9.95. The quantitative estimate of drug-likeness (QED) is 0.451. The van der Waals surface area contributed by atoms with Crippen LogP contribution in [0.15, 0.2) is 59.5 Å². The number of aromatic nitrogens is 2. The molecule has 0 bridgehead atoms. The summed E-state index contributed by atoms with van der Waals surface area (Å²) in [6, 6.07) is 14.3. The topological polar surface area (TPSA) is 101 Å². The van der Waals surface area contributed by atoms with E-state index in [0.717, 1.165) is 5.56 Å². The Balaban J connectivity index is 1.63. The monoisotopic (exact) mass is 460 g/mol. The maximum atomic E-state index is 15.1. The molecule has 0 atom stereocenters. The molecule has 0 unspecified atom stereocenters. The van der Waals surface area contributed by atoms with Gasteiger partial charge in [0.1, 0.15) is 17.0 Å². The number of carboxylic acid groups (broad SMARTS) is 1. The Bertz CT molecular complexity index is 1520. The average molecular weight is 461 g/mol. The van der Waals surface area contributed by atoms with Crippen LogP contribution in [0.1, 0.15) is 36.7 Å². The number of anilines is 1. The molecule has 8 heteroatoms. The number of rotatable bonds is 3. The second-order valence-corrected chi connectivity index (χ2v) is 9.95. The number of fused-ring (bicyclic) bond motifs is 2. The molecule has 2 aromatic heterocycles. The van der Waals surface area contributed by atoms with E-state index in [1.165, 1.54) is 18.3 Å². The third-order valence-electron chi connectivity index (χ3n) is 6.43. The van der Waals surface area contributed by atoms with E-state index in [-0.39, 0.29) is 10.9 Å². The van der Waals surface area contributed by atoms with Crippen molar-refractivity contribution >= 4 is 33.6 Å². The first-order chi connectivity index (χ1) is 16.0. The third kappa shape index (κ3) is 3.42. The lowest BCUT2D eigenvalue weighted by Gasteiger charge is -2.49. The Morgan fingerprint density at radius 3 is 2.44 bits per heavy atom. The minimum absolute atomic E-state index is 0.142. The molecule has 1 fully saturated rings. The van der Waals surface area contributed by atoms with E-state index in [4.69, 9.17) is 5.73 Å². The van der Waals surface area contributed by atoms with Crippen LogP contribution in [-0.2, 0) is 11.1 Å². The Labute approximate surface area is 195 Å². The summed E-state index contributed by atoms with van der Waals surface area (Å²) in [5, 5.41) is 10.1. The molecule has 0 aliphatic carbocycles. The zero-order valence-electron chi connectivity index (χ0n) is 19.2. The van der Waals surface area contributed by atoms with Crippen LogP contribution >= 0.6 is 0 Å². The minimum Gasteiger partial charge on any atom is -0.477 e. The number of hydrogen-bond donors (Lipinski definition) is 2. The summed E-state index contributed by atoms with van der Waals surface area (Å²) in [5.74, 6) is -1.76. The predicted molar refractivity (Wildman–Crippen MR) is 130 cm³/mol. The van der Waals surface area contributed by atoms with Crippen molar-refractivity contribution in [1.29, 1.82) is 0 Å². The van der Waals surface area contributed by atoms with Gasteiger partial charge in [-0.25, -0.2) is 14.2 Å². The summed E-state index contributed by atoms with van der Waals surface area (Å²) in [7, 11) is 0. The number of benzene rings is 2. The molecule has 1 saturated heterocycles. The van der Waals surface area contributed by atoms with Crippen molar-refractivity contribution in [2.75, 3.05) is 18.0 Å². The van der Waals surface area contributed by atoms with Crippen LogP contribution in [0.5, 0.6) is 0 Å². The molecule has 2 aromatic carbocycles. The number of carbonyl (C=O) groups is 1. The predicted octanol–water partition coefficient (Wildman–Crippen LogP) is 3.82. The number of halogens is 1. The molecule has 3 heterocycles. The zero-order chi connectivity index (χ0) is 24.4. The molecule has 1 aliphatic rings. The van der Waals surface area contributed by atoms with Crippen LogP contribution in [0.25, 0.3) is 21.9 Å². The maximum absolute atomic E-state index is 15.1.